The molecule has 3 heterocycles. The van der Waals surface area contributed by atoms with Gasteiger partial charge in [-0.2, -0.15) is 10.1 Å². The Kier molecular flexibility index (Phi) is 7.10. The van der Waals surface area contributed by atoms with Gasteiger partial charge in [0.15, 0.2) is 5.50 Å². The van der Waals surface area contributed by atoms with E-state index >= 15 is 0 Å². The molecule has 12 heteroatoms. The van der Waals surface area contributed by atoms with Crippen LogP contribution in [0.15, 0.2) is 23.3 Å². The minimum atomic E-state index is -0.718. The topological polar surface area (TPSA) is 95.5 Å². The highest BCUT2D eigenvalue weighted by atomic mass is 32.2. The van der Waals surface area contributed by atoms with Gasteiger partial charge < -0.3 is 14.8 Å². The van der Waals surface area contributed by atoms with Crippen molar-refractivity contribution in [1.82, 2.24) is 15.6 Å². The number of amides is 2. The molecular formula is C22H27F2N5O4S. The van der Waals surface area contributed by atoms with Gasteiger partial charge >= 0.3 is 12.2 Å². The maximum Gasteiger partial charge on any atom is 0.433 e. The first kappa shape index (κ1) is 24.4. The standard InChI is InChI=1S/C22H27F2N5O4S/c1-22(2,3)33-21(31)29-19(34-12-27-29)26-10-15-11-28(20(30)32-15)14-8-16(23)18(17(24)9-14)13-4-6-25-7-5-13/h4,8-9,12,15,19,25-26H,5-7,10-11H2,1-3H3/t15-,19?/m1/s1. The van der Waals surface area contributed by atoms with Crippen molar-refractivity contribution in [3.8, 4) is 0 Å². The summed E-state index contributed by atoms with van der Waals surface area (Å²) in [5, 5.41) is 11.4. The maximum absolute atomic E-state index is 14.8. The van der Waals surface area contributed by atoms with Crippen LogP contribution in [0.25, 0.3) is 5.57 Å². The zero-order chi connectivity index (χ0) is 24.5. The lowest BCUT2D eigenvalue weighted by atomic mass is 9.98. The molecular weight excluding hydrogens is 468 g/mol. The van der Waals surface area contributed by atoms with Crippen molar-refractivity contribution < 1.29 is 27.8 Å². The fourth-order valence-electron chi connectivity index (χ4n) is 3.78. The molecule has 0 spiro atoms. The second-order valence-electron chi connectivity index (χ2n) is 9.03. The number of carbonyl (C=O) groups excluding carboxylic acids is 2. The van der Waals surface area contributed by atoms with E-state index in [2.05, 4.69) is 15.7 Å². The molecule has 2 N–H and O–H groups in total. The Morgan fingerprint density at radius 3 is 2.74 bits per heavy atom. The van der Waals surface area contributed by atoms with Crippen LogP contribution in [-0.4, -0.2) is 66.1 Å². The number of carbonyl (C=O) groups is 2. The van der Waals surface area contributed by atoms with Gasteiger partial charge in [-0.25, -0.2) is 18.4 Å². The van der Waals surface area contributed by atoms with Crippen LogP contribution in [0.3, 0.4) is 0 Å². The van der Waals surface area contributed by atoms with Crippen molar-refractivity contribution in [1.29, 1.82) is 0 Å². The van der Waals surface area contributed by atoms with Crippen LogP contribution in [-0.2, 0) is 9.47 Å². The highest BCUT2D eigenvalue weighted by Crippen LogP contribution is 2.31. The summed E-state index contributed by atoms with van der Waals surface area (Å²) in [6.07, 6.45) is 0.398. The van der Waals surface area contributed by atoms with Crippen LogP contribution in [0.1, 0.15) is 32.8 Å². The minimum Gasteiger partial charge on any atom is -0.443 e. The summed E-state index contributed by atoms with van der Waals surface area (Å²) in [5.41, 5.74) is 0.953. The van der Waals surface area contributed by atoms with E-state index in [-0.39, 0.29) is 24.3 Å². The second kappa shape index (κ2) is 9.88. The Morgan fingerprint density at radius 2 is 2.09 bits per heavy atom. The Hall–Kier alpha value is -2.70. The fraction of sp³-hybridized carbons (Fsp3) is 0.500. The van der Waals surface area contributed by atoms with Crippen molar-refractivity contribution in [2.75, 3.05) is 31.1 Å². The molecule has 1 unspecified atom stereocenters. The molecule has 3 aliphatic heterocycles. The third kappa shape index (κ3) is 5.50. The van der Waals surface area contributed by atoms with Crippen molar-refractivity contribution in [2.24, 2.45) is 5.10 Å². The lowest BCUT2D eigenvalue weighted by Crippen LogP contribution is -2.46. The zero-order valence-corrected chi connectivity index (χ0v) is 20.0. The first-order valence-electron chi connectivity index (χ1n) is 10.9. The molecule has 0 aromatic heterocycles. The molecule has 0 radical (unpaired) electrons. The number of thioether (sulfide) groups is 1. The van der Waals surface area contributed by atoms with Gasteiger partial charge in [0.05, 0.1) is 17.8 Å². The van der Waals surface area contributed by atoms with E-state index in [4.69, 9.17) is 9.47 Å². The normalized spacial score (nSPS) is 22.7. The quantitative estimate of drug-likeness (QED) is 0.646. The average Bonchev–Trinajstić information content (AvgIpc) is 3.37. The number of hydrogen-bond acceptors (Lipinski definition) is 8. The van der Waals surface area contributed by atoms with E-state index in [1.807, 2.05) is 0 Å². The number of benzene rings is 1. The largest absolute Gasteiger partial charge is 0.443 e. The number of hydrazone groups is 1. The van der Waals surface area contributed by atoms with Crippen LogP contribution in [0.2, 0.25) is 0 Å². The molecule has 0 bridgehead atoms. The third-order valence-corrected chi connectivity index (χ3v) is 6.12. The monoisotopic (exact) mass is 495 g/mol. The van der Waals surface area contributed by atoms with Gasteiger partial charge in [0.25, 0.3) is 0 Å². The Morgan fingerprint density at radius 1 is 1.35 bits per heavy atom. The van der Waals surface area contributed by atoms with E-state index < -0.39 is 41.0 Å². The molecule has 2 atom stereocenters. The van der Waals surface area contributed by atoms with Crippen LogP contribution in [0.4, 0.5) is 24.1 Å². The first-order valence-corrected chi connectivity index (χ1v) is 11.9. The van der Waals surface area contributed by atoms with Crippen LogP contribution in [0.5, 0.6) is 0 Å². The predicted molar refractivity (Wildman–Crippen MR) is 125 cm³/mol. The smallest absolute Gasteiger partial charge is 0.433 e. The molecule has 2 amide bonds. The second-order valence-corrected chi connectivity index (χ2v) is 9.96. The van der Waals surface area contributed by atoms with E-state index in [0.717, 1.165) is 12.1 Å². The number of halogens is 2. The maximum atomic E-state index is 14.8. The average molecular weight is 496 g/mol. The molecule has 1 aromatic carbocycles. The van der Waals surface area contributed by atoms with E-state index in [1.54, 1.807) is 26.8 Å². The highest BCUT2D eigenvalue weighted by molar-refractivity contribution is 8.12. The number of anilines is 1. The molecule has 1 fully saturated rings. The number of nitrogens with zero attached hydrogens (tertiary/aromatic N) is 3. The molecule has 3 aliphatic rings. The zero-order valence-electron chi connectivity index (χ0n) is 19.1. The van der Waals surface area contributed by atoms with Crippen LogP contribution in [0, 0.1) is 11.6 Å². The number of nitrogens with one attached hydrogen (secondary N) is 2. The van der Waals surface area contributed by atoms with E-state index in [9.17, 15) is 18.4 Å². The van der Waals surface area contributed by atoms with Gasteiger partial charge in [-0.15, -0.1) is 0 Å². The van der Waals surface area contributed by atoms with Gasteiger partial charge in [0, 0.05) is 18.7 Å². The molecule has 0 aliphatic carbocycles. The van der Waals surface area contributed by atoms with Gasteiger partial charge in [0.2, 0.25) is 0 Å². The van der Waals surface area contributed by atoms with Crippen molar-refractivity contribution in [2.45, 2.75) is 44.4 Å². The van der Waals surface area contributed by atoms with Gasteiger partial charge in [-0.3, -0.25) is 10.2 Å². The van der Waals surface area contributed by atoms with Gasteiger partial charge in [-0.05, 0) is 51.4 Å². The summed E-state index contributed by atoms with van der Waals surface area (Å²) in [5.74, 6) is -1.44. The number of hydrogen-bond donors (Lipinski definition) is 2. The molecule has 184 valence electrons. The summed E-state index contributed by atoms with van der Waals surface area (Å²) in [6, 6.07) is 2.31. The lowest BCUT2D eigenvalue weighted by molar-refractivity contribution is 0.0213. The van der Waals surface area contributed by atoms with Gasteiger partial charge in [0.1, 0.15) is 23.3 Å². The molecule has 9 nitrogen and oxygen atoms in total. The van der Waals surface area contributed by atoms with Crippen LogP contribution >= 0.6 is 11.8 Å². The fourth-order valence-corrected chi connectivity index (χ4v) is 4.50. The van der Waals surface area contributed by atoms with Crippen LogP contribution < -0.4 is 15.5 Å². The van der Waals surface area contributed by atoms with Crippen molar-refractivity contribution in [3.05, 3.63) is 35.4 Å². The lowest BCUT2D eigenvalue weighted by Gasteiger charge is -2.26. The summed E-state index contributed by atoms with van der Waals surface area (Å²) in [6.45, 7) is 6.78. The minimum absolute atomic E-state index is 0.0588. The first-order chi connectivity index (χ1) is 16.1. The summed E-state index contributed by atoms with van der Waals surface area (Å²) < 4.78 is 40.3. The highest BCUT2D eigenvalue weighted by Gasteiger charge is 2.36. The summed E-state index contributed by atoms with van der Waals surface area (Å²) >= 11 is 1.26. The molecule has 1 saturated heterocycles. The Bertz CT molecular complexity index is 1010. The van der Waals surface area contributed by atoms with E-state index in [1.165, 1.54) is 27.2 Å². The molecule has 1 aromatic rings. The summed E-state index contributed by atoms with van der Waals surface area (Å²) in [7, 11) is 0. The Labute approximate surface area is 200 Å². The van der Waals surface area contributed by atoms with Gasteiger partial charge in [-0.1, -0.05) is 17.8 Å². The summed E-state index contributed by atoms with van der Waals surface area (Å²) in [4.78, 5) is 25.9. The third-order valence-electron chi connectivity index (χ3n) is 5.28. The molecule has 0 saturated carbocycles. The Balaban J connectivity index is 1.38. The molecule has 34 heavy (non-hydrogen) atoms. The van der Waals surface area contributed by atoms with E-state index in [0.29, 0.717) is 25.1 Å². The molecule has 4 rings (SSSR count). The van der Waals surface area contributed by atoms with Crippen molar-refractivity contribution in [3.63, 3.8) is 0 Å². The number of rotatable bonds is 5. The predicted octanol–water partition coefficient (Wildman–Crippen LogP) is 3.47. The number of cyclic esters (lactones) is 1. The number of ether oxygens (including phenoxy) is 2. The van der Waals surface area contributed by atoms with Crippen molar-refractivity contribution >= 4 is 40.8 Å². The SMILES string of the molecule is CC(C)(C)OC(=O)N1N=CSC1NC[C@@H]1CN(c2cc(F)c(C3=CCNCC3)c(F)c2)C(=O)O1.